The average Bonchev–Trinajstić information content (AvgIpc) is 3.23. The number of rotatable bonds is 3. The van der Waals surface area contributed by atoms with Crippen LogP contribution in [-0.4, -0.2) is 67.9 Å². The summed E-state index contributed by atoms with van der Waals surface area (Å²) in [6, 6.07) is 10.2. The molecule has 5 rings (SSSR count). The van der Waals surface area contributed by atoms with E-state index >= 15 is 0 Å². The molecule has 30 heavy (non-hydrogen) atoms. The largest absolute Gasteiger partial charge is 0.339 e. The van der Waals surface area contributed by atoms with Crippen LogP contribution < -0.4 is 0 Å². The summed E-state index contributed by atoms with van der Waals surface area (Å²) in [7, 11) is 0. The molecule has 7 nitrogen and oxygen atoms in total. The predicted octanol–water partition coefficient (Wildman–Crippen LogP) is 3.21. The summed E-state index contributed by atoms with van der Waals surface area (Å²) in [5.74, 6) is 0.115. The summed E-state index contributed by atoms with van der Waals surface area (Å²) in [4.78, 5) is 22.4. The molecule has 2 saturated heterocycles. The van der Waals surface area contributed by atoms with Crippen LogP contribution in [0.4, 0.5) is 0 Å². The number of hydrogen-bond donors (Lipinski definition) is 0. The van der Waals surface area contributed by atoms with Gasteiger partial charge in [0.2, 0.25) is 0 Å². The SMILES string of the molecule is Cc1c(C(=O)N2CCC(N3CCCCC3)CC2)cccc1-n1nnc2cccnc21. The number of amides is 1. The van der Waals surface area contributed by atoms with Gasteiger partial charge in [0.05, 0.1) is 5.69 Å². The van der Waals surface area contributed by atoms with Crippen LogP contribution in [-0.2, 0) is 0 Å². The molecule has 0 unspecified atom stereocenters. The van der Waals surface area contributed by atoms with Gasteiger partial charge >= 0.3 is 0 Å². The average molecular weight is 405 g/mol. The van der Waals surface area contributed by atoms with Crippen molar-refractivity contribution in [2.24, 2.45) is 0 Å². The first-order chi connectivity index (χ1) is 14.7. The Bertz CT molecular complexity index is 1050. The van der Waals surface area contributed by atoms with Crippen molar-refractivity contribution < 1.29 is 4.79 Å². The van der Waals surface area contributed by atoms with E-state index in [1.165, 1.54) is 32.4 Å². The first-order valence-corrected chi connectivity index (χ1v) is 11.0. The zero-order valence-corrected chi connectivity index (χ0v) is 17.5. The van der Waals surface area contributed by atoms with Crippen LogP contribution in [0.25, 0.3) is 16.9 Å². The molecule has 0 bridgehead atoms. The molecule has 2 aliphatic heterocycles. The fourth-order valence-electron chi connectivity index (χ4n) is 4.90. The minimum Gasteiger partial charge on any atom is -0.339 e. The fraction of sp³-hybridized carbons (Fsp3) is 0.478. The molecule has 4 heterocycles. The maximum atomic E-state index is 13.3. The Labute approximate surface area is 176 Å². The van der Waals surface area contributed by atoms with Gasteiger partial charge in [-0.15, -0.1) is 5.10 Å². The van der Waals surface area contributed by atoms with Crippen LogP contribution in [0.2, 0.25) is 0 Å². The standard InChI is InChI=1S/C23H28N6O/c1-17-19(7-5-9-21(17)29-22-20(25-26-29)8-6-12-24-22)23(30)28-15-10-18(11-16-28)27-13-3-2-4-14-27/h5-9,12,18H,2-4,10-11,13-16H2,1H3. The molecule has 3 aromatic rings. The number of benzene rings is 1. The third kappa shape index (κ3) is 3.47. The van der Waals surface area contributed by atoms with Gasteiger partial charge in [-0.05, 0) is 75.5 Å². The highest BCUT2D eigenvalue weighted by atomic mass is 16.2. The summed E-state index contributed by atoms with van der Waals surface area (Å²) in [5, 5.41) is 8.48. The molecular weight excluding hydrogens is 376 g/mol. The number of carbonyl (C=O) groups excluding carboxylic acids is 1. The lowest BCUT2D eigenvalue weighted by molar-refractivity contribution is 0.0589. The summed E-state index contributed by atoms with van der Waals surface area (Å²) >= 11 is 0. The molecule has 2 aliphatic rings. The van der Waals surface area contributed by atoms with Gasteiger partial charge in [0.25, 0.3) is 5.91 Å². The van der Waals surface area contributed by atoms with Gasteiger partial charge in [-0.3, -0.25) is 4.79 Å². The van der Waals surface area contributed by atoms with Gasteiger partial charge in [0.1, 0.15) is 5.52 Å². The third-order valence-electron chi connectivity index (χ3n) is 6.63. The highest BCUT2D eigenvalue weighted by molar-refractivity contribution is 5.96. The Morgan fingerprint density at radius 1 is 1.00 bits per heavy atom. The molecule has 0 atom stereocenters. The van der Waals surface area contributed by atoms with Crippen molar-refractivity contribution in [1.82, 2.24) is 29.8 Å². The molecule has 156 valence electrons. The van der Waals surface area contributed by atoms with Crippen molar-refractivity contribution in [2.45, 2.75) is 45.1 Å². The van der Waals surface area contributed by atoms with Crippen molar-refractivity contribution in [1.29, 1.82) is 0 Å². The van der Waals surface area contributed by atoms with Gasteiger partial charge < -0.3 is 9.80 Å². The molecular formula is C23H28N6O. The number of nitrogens with zero attached hydrogens (tertiary/aromatic N) is 6. The lowest BCUT2D eigenvalue weighted by Gasteiger charge is -2.40. The number of hydrogen-bond acceptors (Lipinski definition) is 5. The Kier molecular flexibility index (Phi) is 5.21. The first-order valence-electron chi connectivity index (χ1n) is 11.0. The van der Waals surface area contributed by atoms with Gasteiger partial charge in [0, 0.05) is 30.9 Å². The molecule has 0 N–H and O–H groups in total. The lowest BCUT2D eigenvalue weighted by atomic mass is 9.98. The monoisotopic (exact) mass is 404 g/mol. The van der Waals surface area contributed by atoms with E-state index in [0.717, 1.165) is 48.3 Å². The van der Waals surface area contributed by atoms with Crippen LogP contribution in [0.5, 0.6) is 0 Å². The molecule has 0 aliphatic carbocycles. The summed E-state index contributed by atoms with van der Waals surface area (Å²) in [6.07, 6.45) is 7.87. The maximum absolute atomic E-state index is 13.3. The normalized spacial score (nSPS) is 18.8. The third-order valence-corrected chi connectivity index (χ3v) is 6.63. The van der Waals surface area contributed by atoms with E-state index in [1.54, 1.807) is 10.9 Å². The van der Waals surface area contributed by atoms with Crippen molar-refractivity contribution in [3.8, 4) is 5.69 Å². The molecule has 2 aromatic heterocycles. The molecule has 0 spiro atoms. The topological polar surface area (TPSA) is 67.2 Å². The molecule has 7 heteroatoms. The minimum absolute atomic E-state index is 0.115. The summed E-state index contributed by atoms with van der Waals surface area (Å²) in [6.45, 7) is 6.09. The number of aromatic nitrogens is 4. The van der Waals surface area contributed by atoms with Crippen LogP contribution in [0, 0.1) is 6.92 Å². The van der Waals surface area contributed by atoms with E-state index in [1.807, 2.05) is 42.2 Å². The van der Waals surface area contributed by atoms with Crippen LogP contribution in [0.15, 0.2) is 36.5 Å². The van der Waals surface area contributed by atoms with Gasteiger partial charge in [-0.25, -0.2) is 4.98 Å². The number of likely N-dealkylation sites (tertiary alicyclic amines) is 2. The van der Waals surface area contributed by atoms with Crippen molar-refractivity contribution >= 4 is 17.1 Å². The van der Waals surface area contributed by atoms with E-state index in [-0.39, 0.29) is 5.91 Å². The molecule has 0 radical (unpaired) electrons. The molecule has 1 aromatic carbocycles. The van der Waals surface area contributed by atoms with E-state index in [0.29, 0.717) is 11.7 Å². The second kappa shape index (κ2) is 8.14. The van der Waals surface area contributed by atoms with E-state index in [4.69, 9.17) is 0 Å². The van der Waals surface area contributed by atoms with E-state index < -0.39 is 0 Å². The maximum Gasteiger partial charge on any atom is 0.254 e. The highest BCUT2D eigenvalue weighted by Gasteiger charge is 2.29. The van der Waals surface area contributed by atoms with Crippen LogP contribution in [0.3, 0.4) is 0 Å². The smallest absolute Gasteiger partial charge is 0.254 e. The van der Waals surface area contributed by atoms with Gasteiger partial charge in [0.15, 0.2) is 5.65 Å². The summed E-state index contributed by atoms with van der Waals surface area (Å²) in [5.41, 5.74) is 3.95. The number of fused-ring (bicyclic) bond motifs is 1. The number of pyridine rings is 1. The van der Waals surface area contributed by atoms with Crippen LogP contribution >= 0.6 is 0 Å². The predicted molar refractivity (Wildman–Crippen MR) is 116 cm³/mol. The fourth-order valence-corrected chi connectivity index (χ4v) is 4.90. The number of piperidine rings is 2. The second-order valence-electron chi connectivity index (χ2n) is 8.42. The Hall–Kier alpha value is -2.80. The zero-order chi connectivity index (χ0) is 20.5. The molecule has 0 saturated carbocycles. The van der Waals surface area contributed by atoms with Crippen molar-refractivity contribution in [2.75, 3.05) is 26.2 Å². The zero-order valence-electron chi connectivity index (χ0n) is 17.5. The Morgan fingerprint density at radius 3 is 2.60 bits per heavy atom. The highest BCUT2D eigenvalue weighted by Crippen LogP contribution is 2.25. The van der Waals surface area contributed by atoms with Gasteiger partial charge in [-0.1, -0.05) is 17.7 Å². The lowest BCUT2D eigenvalue weighted by Crippen LogP contribution is -2.48. The number of carbonyl (C=O) groups is 1. The molecule has 2 fully saturated rings. The van der Waals surface area contributed by atoms with Crippen LogP contribution in [0.1, 0.15) is 48.0 Å². The quantitative estimate of drug-likeness (QED) is 0.671. The van der Waals surface area contributed by atoms with Crippen molar-refractivity contribution in [3.63, 3.8) is 0 Å². The second-order valence-corrected chi connectivity index (χ2v) is 8.42. The van der Waals surface area contributed by atoms with Crippen molar-refractivity contribution in [3.05, 3.63) is 47.7 Å². The first kappa shape index (κ1) is 19.2. The molecule has 1 amide bonds. The van der Waals surface area contributed by atoms with E-state index in [9.17, 15) is 4.79 Å². The Balaban J connectivity index is 1.35. The van der Waals surface area contributed by atoms with Gasteiger partial charge in [-0.2, -0.15) is 4.68 Å². The Morgan fingerprint density at radius 2 is 1.80 bits per heavy atom. The summed E-state index contributed by atoms with van der Waals surface area (Å²) < 4.78 is 1.73. The minimum atomic E-state index is 0.115. The van der Waals surface area contributed by atoms with E-state index in [2.05, 4.69) is 20.2 Å².